The SMILES string of the molecule is Cc1cc(C)n(CCC2CCCO2)n1. The van der Waals surface area contributed by atoms with E-state index in [0.717, 1.165) is 25.3 Å². The Balaban J connectivity index is 1.87. The normalized spacial score (nSPS) is 21.7. The zero-order valence-electron chi connectivity index (χ0n) is 8.99. The van der Waals surface area contributed by atoms with Crippen LogP contribution in [0.25, 0.3) is 0 Å². The van der Waals surface area contributed by atoms with Gasteiger partial charge in [-0.25, -0.2) is 0 Å². The van der Waals surface area contributed by atoms with Crippen molar-refractivity contribution in [1.82, 2.24) is 9.78 Å². The molecule has 0 radical (unpaired) electrons. The van der Waals surface area contributed by atoms with Gasteiger partial charge in [0.15, 0.2) is 0 Å². The zero-order valence-corrected chi connectivity index (χ0v) is 8.99. The van der Waals surface area contributed by atoms with E-state index in [9.17, 15) is 0 Å². The van der Waals surface area contributed by atoms with Crippen molar-refractivity contribution in [1.29, 1.82) is 0 Å². The van der Waals surface area contributed by atoms with Crippen molar-refractivity contribution >= 4 is 0 Å². The van der Waals surface area contributed by atoms with E-state index in [2.05, 4.69) is 22.8 Å². The minimum atomic E-state index is 0.471. The monoisotopic (exact) mass is 194 g/mol. The summed E-state index contributed by atoms with van der Waals surface area (Å²) >= 11 is 0. The lowest BCUT2D eigenvalue weighted by Crippen LogP contribution is -2.11. The van der Waals surface area contributed by atoms with E-state index in [0.29, 0.717) is 6.10 Å². The van der Waals surface area contributed by atoms with Crippen molar-refractivity contribution < 1.29 is 4.74 Å². The van der Waals surface area contributed by atoms with Gasteiger partial charge in [-0.1, -0.05) is 0 Å². The third-order valence-corrected chi connectivity index (χ3v) is 2.79. The Morgan fingerprint density at radius 3 is 3.00 bits per heavy atom. The minimum absolute atomic E-state index is 0.471. The van der Waals surface area contributed by atoms with Crippen LogP contribution in [-0.2, 0) is 11.3 Å². The summed E-state index contributed by atoms with van der Waals surface area (Å²) in [6.45, 7) is 6.08. The summed E-state index contributed by atoms with van der Waals surface area (Å²) in [7, 11) is 0. The highest BCUT2D eigenvalue weighted by molar-refractivity contribution is 5.06. The second kappa shape index (κ2) is 4.13. The molecule has 0 aromatic carbocycles. The number of ether oxygens (including phenoxy) is 1. The number of aryl methyl sites for hydroxylation is 3. The predicted octanol–water partition coefficient (Wildman–Crippen LogP) is 2.07. The third-order valence-electron chi connectivity index (χ3n) is 2.79. The van der Waals surface area contributed by atoms with E-state index < -0.39 is 0 Å². The van der Waals surface area contributed by atoms with Crippen LogP contribution in [0, 0.1) is 13.8 Å². The van der Waals surface area contributed by atoms with Crippen molar-refractivity contribution in [3.8, 4) is 0 Å². The highest BCUT2D eigenvalue weighted by Crippen LogP contribution is 2.16. The lowest BCUT2D eigenvalue weighted by atomic mass is 10.2. The molecule has 78 valence electrons. The first-order valence-electron chi connectivity index (χ1n) is 5.38. The standard InChI is InChI=1S/C11H18N2O/c1-9-8-10(2)13(12-9)6-5-11-4-3-7-14-11/h8,11H,3-7H2,1-2H3. The lowest BCUT2D eigenvalue weighted by molar-refractivity contribution is 0.0992. The smallest absolute Gasteiger partial charge is 0.0596 e. The molecule has 2 heterocycles. The fourth-order valence-corrected chi connectivity index (χ4v) is 2.04. The molecule has 3 nitrogen and oxygen atoms in total. The molecule has 0 bridgehead atoms. The second-order valence-corrected chi connectivity index (χ2v) is 4.07. The molecule has 1 aliphatic rings. The molecule has 0 saturated carbocycles. The van der Waals surface area contributed by atoms with Gasteiger partial charge in [-0.15, -0.1) is 0 Å². The van der Waals surface area contributed by atoms with Gasteiger partial charge in [0.25, 0.3) is 0 Å². The van der Waals surface area contributed by atoms with Gasteiger partial charge in [0.2, 0.25) is 0 Å². The van der Waals surface area contributed by atoms with Crippen LogP contribution >= 0.6 is 0 Å². The van der Waals surface area contributed by atoms with Gasteiger partial charge in [-0.3, -0.25) is 4.68 Å². The average molecular weight is 194 g/mol. The molecular formula is C11H18N2O. The van der Waals surface area contributed by atoms with Crippen LogP contribution in [-0.4, -0.2) is 22.5 Å². The van der Waals surface area contributed by atoms with Crippen molar-refractivity contribution in [2.45, 2.75) is 45.8 Å². The van der Waals surface area contributed by atoms with Gasteiger partial charge in [-0.2, -0.15) is 5.10 Å². The summed E-state index contributed by atoms with van der Waals surface area (Å²) < 4.78 is 7.66. The van der Waals surface area contributed by atoms with E-state index >= 15 is 0 Å². The highest BCUT2D eigenvalue weighted by atomic mass is 16.5. The van der Waals surface area contributed by atoms with Crippen LogP contribution in [0.1, 0.15) is 30.7 Å². The van der Waals surface area contributed by atoms with E-state index in [1.54, 1.807) is 0 Å². The summed E-state index contributed by atoms with van der Waals surface area (Å²) in [6, 6.07) is 2.12. The van der Waals surface area contributed by atoms with Crippen molar-refractivity contribution in [2.75, 3.05) is 6.61 Å². The predicted molar refractivity (Wildman–Crippen MR) is 55.3 cm³/mol. The summed E-state index contributed by atoms with van der Waals surface area (Å²) in [5, 5.41) is 4.43. The topological polar surface area (TPSA) is 27.1 Å². The Morgan fingerprint density at radius 2 is 2.43 bits per heavy atom. The van der Waals surface area contributed by atoms with Gasteiger partial charge in [0.1, 0.15) is 0 Å². The average Bonchev–Trinajstić information content (AvgIpc) is 2.72. The molecule has 1 aliphatic heterocycles. The molecule has 1 atom stereocenters. The Bertz CT molecular complexity index is 300. The van der Waals surface area contributed by atoms with Crippen molar-refractivity contribution in [2.24, 2.45) is 0 Å². The molecule has 14 heavy (non-hydrogen) atoms. The molecule has 1 unspecified atom stereocenters. The Morgan fingerprint density at radius 1 is 1.57 bits per heavy atom. The van der Waals surface area contributed by atoms with Crippen LogP contribution in [0.5, 0.6) is 0 Å². The van der Waals surface area contributed by atoms with Crippen LogP contribution in [0.4, 0.5) is 0 Å². The van der Waals surface area contributed by atoms with E-state index in [-0.39, 0.29) is 0 Å². The lowest BCUT2D eigenvalue weighted by Gasteiger charge is -2.09. The summed E-state index contributed by atoms with van der Waals surface area (Å²) in [6.07, 6.45) is 4.02. The maximum absolute atomic E-state index is 5.58. The molecule has 0 N–H and O–H groups in total. The molecule has 1 aromatic rings. The summed E-state index contributed by atoms with van der Waals surface area (Å²) in [5.74, 6) is 0. The van der Waals surface area contributed by atoms with Gasteiger partial charge in [0, 0.05) is 18.8 Å². The maximum atomic E-state index is 5.58. The number of aromatic nitrogens is 2. The third kappa shape index (κ3) is 2.15. The quantitative estimate of drug-likeness (QED) is 0.736. The minimum Gasteiger partial charge on any atom is -0.378 e. The molecule has 1 aromatic heterocycles. The largest absolute Gasteiger partial charge is 0.378 e. The molecule has 3 heteroatoms. The van der Waals surface area contributed by atoms with Crippen LogP contribution in [0.15, 0.2) is 6.07 Å². The first-order valence-corrected chi connectivity index (χ1v) is 5.38. The molecule has 2 rings (SSSR count). The molecular weight excluding hydrogens is 176 g/mol. The zero-order chi connectivity index (χ0) is 9.97. The number of hydrogen-bond donors (Lipinski definition) is 0. The molecule has 0 amide bonds. The maximum Gasteiger partial charge on any atom is 0.0596 e. The Hall–Kier alpha value is -0.830. The first-order chi connectivity index (χ1) is 6.75. The van der Waals surface area contributed by atoms with Crippen LogP contribution < -0.4 is 0 Å². The fraction of sp³-hybridized carbons (Fsp3) is 0.727. The van der Waals surface area contributed by atoms with E-state index in [1.165, 1.54) is 18.5 Å². The molecule has 0 aliphatic carbocycles. The molecule has 1 fully saturated rings. The molecule has 1 saturated heterocycles. The van der Waals surface area contributed by atoms with Gasteiger partial charge < -0.3 is 4.74 Å². The van der Waals surface area contributed by atoms with Gasteiger partial charge in [-0.05, 0) is 39.2 Å². The Labute approximate surface area is 85.1 Å². The number of nitrogens with zero attached hydrogens (tertiary/aromatic N) is 2. The van der Waals surface area contributed by atoms with Crippen LogP contribution in [0.3, 0.4) is 0 Å². The van der Waals surface area contributed by atoms with E-state index in [1.807, 2.05) is 6.92 Å². The summed E-state index contributed by atoms with van der Waals surface area (Å²) in [4.78, 5) is 0. The van der Waals surface area contributed by atoms with Gasteiger partial charge >= 0.3 is 0 Å². The molecule has 0 spiro atoms. The van der Waals surface area contributed by atoms with Crippen molar-refractivity contribution in [3.63, 3.8) is 0 Å². The van der Waals surface area contributed by atoms with Crippen molar-refractivity contribution in [3.05, 3.63) is 17.5 Å². The fourth-order valence-electron chi connectivity index (χ4n) is 2.04. The van der Waals surface area contributed by atoms with E-state index in [4.69, 9.17) is 4.74 Å². The van der Waals surface area contributed by atoms with Gasteiger partial charge in [0.05, 0.1) is 11.8 Å². The van der Waals surface area contributed by atoms with Crippen LogP contribution in [0.2, 0.25) is 0 Å². The first kappa shape index (κ1) is 9.71. The summed E-state index contributed by atoms with van der Waals surface area (Å²) in [5.41, 5.74) is 2.36. The highest BCUT2D eigenvalue weighted by Gasteiger charge is 2.15. The Kier molecular flexibility index (Phi) is 2.87. The number of rotatable bonds is 3. The second-order valence-electron chi connectivity index (χ2n) is 4.07. The number of hydrogen-bond acceptors (Lipinski definition) is 2.